The number of benzene rings is 1. The van der Waals surface area contributed by atoms with Crippen molar-refractivity contribution in [2.24, 2.45) is 0 Å². The standard InChI is InChI=1S/C17H17N5O2/c1-21(2)17(24)15(12-7-4-3-5-8-12)19-16(23)13-11-14-18-9-6-10-22(14)20-13/h3-11,15H,1-2H3,(H,19,23). The number of fused-ring (bicyclic) bond motifs is 1. The molecule has 0 aliphatic rings. The van der Waals surface area contributed by atoms with Gasteiger partial charge in [0.05, 0.1) is 0 Å². The van der Waals surface area contributed by atoms with Crippen molar-refractivity contribution in [3.05, 3.63) is 66.1 Å². The molecule has 0 fully saturated rings. The highest BCUT2D eigenvalue weighted by atomic mass is 16.2. The van der Waals surface area contributed by atoms with E-state index in [2.05, 4.69) is 15.4 Å². The van der Waals surface area contributed by atoms with Crippen molar-refractivity contribution in [2.75, 3.05) is 14.1 Å². The van der Waals surface area contributed by atoms with Gasteiger partial charge in [-0.2, -0.15) is 5.10 Å². The van der Waals surface area contributed by atoms with Crippen LogP contribution in [0, 0.1) is 0 Å². The third-order valence-corrected chi connectivity index (χ3v) is 3.56. The first kappa shape index (κ1) is 15.7. The van der Waals surface area contributed by atoms with Crippen molar-refractivity contribution in [1.82, 2.24) is 24.8 Å². The predicted octanol–water partition coefficient (Wildman–Crippen LogP) is 1.29. The van der Waals surface area contributed by atoms with E-state index in [4.69, 9.17) is 0 Å². The van der Waals surface area contributed by atoms with Gasteiger partial charge in [0.25, 0.3) is 5.91 Å². The molecule has 2 heterocycles. The number of nitrogens with one attached hydrogen (secondary N) is 1. The van der Waals surface area contributed by atoms with Crippen LogP contribution >= 0.6 is 0 Å². The molecular weight excluding hydrogens is 306 g/mol. The van der Waals surface area contributed by atoms with Crippen LogP contribution in [0.1, 0.15) is 22.1 Å². The summed E-state index contributed by atoms with van der Waals surface area (Å²) in [6, 6.07) is 11.7. The summed E-state index contributed by atoms with van der Waals surface area (Å²) in [6.07, 6.45) is 3.33. The van der Waals surface area contributed by atoms with E-state index in [0.29, 0.717) is 11.2 Å². The fourth-order valence-corrected chi connectivity index (χ4v) is 2.34. The predicted molar refractivity (Wildman–Crippen MR) is 88.3 cm³/mol. The minimum atomic E-state index is -0.772. The van der Waals surface area contributed by atoms with Crippen molar-refractivity contribution >= 4 is 17.5 Å². The van der Waals surface area contributed by atoms with Crippen LogP contribution < -0.4 is 5.32 Å². The Balaban J connectivity index is 1.89. The van der Waals surface area contributed by atoms with Gasteiger partial charge in [0.2, 0.25) is 5.91 Å². The molecule has 7 heteroatoms. The zero-order valence-electron chi connectivity index (χ0n) is 13.4. The van der Waals surface area contributed by atoms with E-state index < -0.39 is 11.9 Å². The molecule has 7 nitrogen and oxygen atoms in total. The number of amides is 2. The molecule has 122 valence electrons. The molecule has 0 radical (unpaired) electrons. The molecule has 0 saturated heterocycles. The summed E-state index contributed by atoms with van der Waals surface area (Å²) in [7, 11) is 3.30. The fourth-order valence-electron chi connectivity index (χ4n) is 2.34. The molecule has 0 aliphatic heterocycles. The monoisotopic (exact) mass is 323 g/mol. The minimum absolute atomic E-state index is 0.209. The van der Waals surface area contributed by atoms with E-state index in [-0.39, 0.29) is 11.6 Å². The van der Waals surface area contributed by atoms with Gasteiger partial charge in [0.15, 0.2) is 11.3 Å². The summed E-state index contributed by atoms with van der Waals surface area (Å²) in [5, 5.41) is 6.94. The topological polar surface area (TPSA) is 79.6 Å². The van der Waals surface area contributed by atoms with E-state index in [1.54, 1.807) is 50.8 Å². The first-order valence-electron chi connectivity index (χ1n) is 7.43. The van der Waals surface area contributed by atoms with Gasteiger partial charge in [0, 0.05) is 32.6 Å². The number of carbonyl (C=O) groups is 2. The molecule has 0 aliphatic carbocycles. The average molecular weight is 323 g/mol. The number of hydrogen-bond donors (Lipinski definition) is 1. The quantitative estimate of drug-likeness (QED) is 0.784. The van der Waals surface area contributed by atoms with Crippen LogP contribution in [0.5, 0.6) is 0 Å². The highest BCUT2D eigenvalue weighted by Gasteiger charge is 2.25. The maximum atomic E-state index is 12.5. The van der Waals surface area contributed by atoms with Gasteiger partial charge in [-0.15, -0.1) is 0 Å². The number of hydrogen-bond acceptors (Lipinski definition) is 4. The second-order valence-corrected chi connectivity index (χ2v) is 5.50. The van der Waals surface area contributed by atoms with Gasteiger partial charge in [-0.3, -0.25) is 9.59 Å². The summed E-state index contributed by atoms with van der Waals surface area (Å²) in [5.41, 5.74) is 1.49. The Labute approximate surface area is 138 Å². The van der Waals surface area contributed by atoms with Crippen molar-refractivity contribution < 1.29 is 9.59 Å². The van der Waals surface area contributed by atoms with E-state index in [9.17, 15) is 9.59 Å². The van der Waals surface area contributed by atoms with Crippen LogP contribution in [-0.4, -0.2) is 45.4 Å². The SMILES string of the molecule is CN(C)C(=O)C(NC(=O)c1cc2ncccn2n1)c1ccccc1. The lowest BCUT2D eigenvalue weighted by molar-refractivity contribution is -0.130. The molecular formula is C17H17N5O2. The maximum Gasteiger partial charge on any atom is 0.272 e. The Morgan fingerprint density at radius 2 is 1.92 bits per heavy atom. The fraction of sp³-hybridized carbons (Fsp3) is 0.176. The van der Waals surface area contributed by atoms with Crippen LogP contribution in [0.3, 0.4) is 0 Å². The van der Waals surface area contributed by atoms with Crippen molar-refractivity contribution in [2.45, 2.75) is 6.04 Å². The van der Waals surface area contributed by atoms with Crippen LogP contribution in [-0.2, 0) is 4.79 Å². The highest BCUT2D eigenvalue weighted by Crippen LogP contribution is 2.16. The summed E-state index contributed by atoms with van der Waals surface area (Å²) in [6.45, 7) is 0. The number of aromatic nitrogens is 3. The molecule has 24 heavy (non-hydrogen) atoms. The molecule has 1 N–H and O–H groups in total. The lowest BCUT2D eigenvalue weighted by atomic mass is 10.1. The molecule has 1 aromatic carbocycles. The Hall–Kier alpha value is -3.22. The zero-order valence-corrected chi connectivity index (χ0v) is 13.4. The third kappa shape index (κ3) is 3.10. The number of nitrogens with zero attached hydrogens (tertiary/aromatic N) is 4. The van der Waals surface area contributed by atoms with Gasteiger partial charge < -0.3 is 10.2 Å². The molecule has 2 aromatic heterocycles. The Kier molecular flexibility index (Phi) is 4.24. The largest absolute Gasteiger partial charge is 0.347 e. The van der Waals surface area contributed by atoms with Gasteiger partial charge in [-0.25, -0.2) is 9.50 Å². The highest BCUT2D eigenvalue weighted by molar-refractivity contribution is 5.97. The normalized spacial score (nSPS) is 11.9. The number of rotatable bonds is 4. The zero-order chi connectivity index (χ0) is 17.1. The average Bonchev–Trinajstić information content (AvgIpc) is 3.04. The Morgan fingerprint density at radius 1 is 1.17 bits per heavy atom. The number of carbonyl (C=O) groups excluding carboxylic acids is 2. The molecule has 0 bridgehead atoms. The second kappa shape index (κ2) is 6.49. The van der Waals surface area contributed by atoms with Crippen molar-refractivity contribution in [1.29, 1.82) is 0 Å². The minimum Gasteiger partial charge on any atom is -0.347 e. The smallest absolute Gasteiger partial charge is 0.272 e. The summed E-state index contributed by atoms with van der Waals surface area (Å²) < 4.78 is 1.51. The molecule has 0 saturated carbocycles. The maximum absolute atomic E-state index is 12.5. The lowest BCUT2D eigenvalue weighted by Gasteiger charge is -2.21. The summed E-state index contributed by atoms with van der Waals surface area (Å²) >= 11 is 0. The van der Waals surface area contributed by atoms with E-state index >= 15 is 0 Å². The van der Waals surface area contributed by atoms with Crippen LogP contribution in [0.25, 0.3) is 5.65 Å². The van der Waals surface area contributed by atoms with E-state index in [0.717, 1.165) is 0 Å². The molecule has 3 rings (SSSR count). The molecule has 0 spiro atoms. The Bertz CT molecular complexity index is 840. The number of likely N-dealkylation sites (N-methyl/N-ethyl adjacent to an activating group) is 1. The van der Waals surface area contributed by atoms with E-state index in [1.807, 2.05) is 18.2 Å². The van der Waals surface area contributed by atoms with Gasteiger partial charge in [-0.1, -0.05) is 30.3 Å². The lowest BCUT2D eigenvalue weighted by Crippen LogP contribution is -2.40. The van der Waals surface area contributed by atoms with Gasteiger partial charge in [0.1, 0.15) is 6.04 Å². The second-order valence-electron chi connectivity index (χ2n) is 5.50. The van der Waals surface area contributed by atoms with Crippen molar-refractivity contribution in [3.63, 3.8) is 0 Å². The summed E-state index contributed by atoms with van der Waals surface area (Å²) in [5.74, 6) is -0.638. The van der Waals surface area contributed by atoms with E-state index in [1.165, 1.54) is 9.42 Å². The first-order chi connectivity index (χ1) is 11.6. The molecule has 1 unspecified atom stereocenters. The third-order valence-electron chi connectivity index (χ3n) is 3.56. The molecule has 1 atom stereocenters. The Morgan fingerprint density at radius 3 is 2.58 bits per heavy atom. The summed E-state index contributed by atoms with van der Waals surface area (Å²) in [4.78, 5) is 30.6. The molecule has 3 aromatic rings. The first-order valence-corrected chi connectivity index (χ1v) is 7.43. The van der Waals surface area contributed by atoms with Crippen LogP contribution in [0.15, 0.2) is 54.9 Å². The van der Waals surface area contributed by atoms with Crippen LogP contribution in [0.2, 0.25) is 0 Å². The van der Waals surface area contributed by atoms with Gasteiger partial charge >= 0.3 is 0 Å². The van der Waals surface area contributed by atoms with Gasteiger partial charge in [-0.05, 0) is 11.6 Å². The van der Waals surface area contributed by atoms with Crippen LogP contribution in [0.4, 0.5) is 0 Å². The van der Waals surface area contributed by atoms with Crippen molar-refractivity contribution in [3.8, 4) is 0 Å². The molecule has 2 amide bonds.